The van der Waals surface area contributed by atoms with Crippen LogP contribution in [0.15, 0.2) is 12.2 Å². The molecule has 0 radical (unpaired) electrons. The van der Waals surface area contributed by atoms with Crippen LogP contribution in [0.1, 0.15) is 181 Å². The minimum atomic E-state index is -0.527. The van der Waals surface area contributed by atoms with Gasteiger partial charge in [0, 0.05) is 13.0 Å². The SMILES string of the molecule is CCCCCCCCC/C=C\CCCCCCCCCC(=O)OC(CO)COCCCCCCCCCCC. The summed E-state index contributed by atoms with van der Waals surface area (Å²) in [5.41, 5.74) is 0. The number of unbranched alkanes of at least 4 members (excludes halogenated alkanes) is 22. The zero-order valence-electron chi connectivity index (χ0n) is 26.4. The summed E-state index contributed by atoms with van der Waals surface area (Å²) in [7, 11) is 0. The number of hydrogen-bond donors (Lipinski definition) is 1. The first-order valence-electron chi connectivity index (χ1n) is 17.3. The molecule has 0 amide bonds. The summed E-state index contributed by atoms with van der Waals surface area (Å²) in [5.74, 6) is -0.205. The standard InChI is InChI=1S/C35H68O4/c1-3-5-7-9-11-13-14-15-16-17-18-19-20-21-22-24-26-28-30-35(37)39-34(32-36)33-38-31-29-27-25-23-12-10-8-6-4-2/h16-17,34,36H,3-15,18-33H2,1-2H3/b17-16-. The lowest BCUT2D eigenvalue weighted by Crippen LogP contribution is -2.27. The first-order chi connectivity index (χ1) is 19.2. The average molecular weight is 553 g/mol. The predicted octanol–water partition coefficient (Wildman–Crippen LogP) is 10.6. The first kappa shape index (κ1) is 38.1. The molecule has 1 N–H and O–H groups in total. The molecule has 1 unspecified atom stereocenters. The van der Waals surface area contributed by atoms with Crippen LogP contribution in [0.25, 0.3) is 0 Å². The highest BCUT2D eigenvalue weighted by molar-refractivity contribution is 5.69. The number of hydrogen-bond acceptors (Lipinski definition) is 4. The van der Waals surface area contributed by atoms with E-state index in [9.17, 15) is 9.90 Å². The van der Waals surface area contributed by atoms with Crippen molar-refractivity contribution in [3.05, 3.63) is 12.2 Å². The second kappa shape index (κ2) is 33.3. The van der Waals surface area contributed by atoms with Crippen molar-refractivity contribution in [2.75, 3.05) is 19.8 Å². The van der Waals surface area contributed by atoms with Crippen LogP contribution in [0.5, 0.6) is 0 Å². The van der Waals surface area contributed by atoms with E-state index >= 15 is 0 Å². The van der Waals surface area contributed by atoms with Gasteiger partial charge < -0.3 is 14.6 Å². The van der Waals surface area contributed by atoms with Gasteiger partial charge in [-0.1, -0.05) is 148 Å². The van der Waals surface area contributed by atoms with Crippen molar-refractivity contribution in [2.24, 2.45) is 0 Å². The number of ether oxygens (including phenoxy) is 2. The fourth-order valence-electron chi connectivity index (χ4n) is 4.97. The van der Waals surface area contributed by atoms with E-state index < -0.39 is 6.10 Å². The lowest BCUT2D eigenvalue weighted by molar-refractivity contribution is -0.154. The van der Waals surface area contributed by atoms with Gasteiger partial charge >= 0.3 is 5.97 Å². The molecule has 4 heteroatoms. The zero-order valence-corrected chi connectivity index (χ0v) is 26.4. The summed E-state index contributed by atoms with van der Waals surface area (Å²) in [6.45, 7) is 5.34. The minimum absolute atomic E-state index is 0.169. The topological polar surface area (TPSA) is 55.8 Å². The van der Waals surface area contributed by atoms with Gasteiger partial charge in [-0.25, -0.2) is 0 Å². The molecule has 1 atom stereocenters. The van der Waals surface area contributed by atoms with E-state index in [0.717, 1.165) is 19.3 Å². The van der Waals surface area contributed by atoms with Gasteiger partial charge in [-0.05, 0) is 38.5 Å². The molecule has 0 aliphatic carbocycles. The van der Waals surface area contributed by atoms with Crippen molar-refractivity contribution < 1.29 is 19.4 Å². The Hall–Kier alpha value is -0.870. The summed E-state index contributed by atoms with van der Waals surface area (Å²) in [6, 6.07) is 0. The Bertz CT molecular complexity index is 505. The van der Waals surface area contributed by atoms with Crippen molar-refractivity contribution in [1.82, 2.24) is 0 Å². The van der Waals surface area contributed by atoms with E-state index in [2.05, 4.69) is 26.0 Å². The smallest absolute Gasteiger partial charge is 0.306 e. The van der Waals surface area contributed by atoms with Crippen LogP contribution in [-0.2, 0) is 14.3 Å². The van der Waals surface area contributed by atoms with Gasteiger partial charge in [0.25, 0.3) is 0 Å². The molecule has 232 valence electrons. The van der Waals surface area contributed by atoms with Crippen molar-refractivity contribution in [3.8, 4) is 0 Å². The van der Waals surface area contributed by atoms with E-state index in [4.69, 9.17) is 9.47 Å². The molecule has 0 aromatic carbocycles. The maximum atomic E-state index is 12.1. The number of carbonyl (C=O) groups is 1. The molecule has 0 aliphatic heterocycles. The summed E-state index contributed by atoms with van der Waals surface area (Å²) < 4.78 is 11.1. The second-order valence-electron chi connectivity index (χ2n) is 11.6. The molecule has 39 heavy (non-hydrogen) atoms. The van der Waals surface area contributed by atoms with Crippen molar-refractivity contribution >= 4 is 5.97 Å². The number of carbonyl (C=O) groups excluding carboxylic acids is 1. The Morgan fingerprint density at radius 3 is 1.46 bits per heavy atom. The second-order valence-corrected chi connectivity index (χ2v) is 11.6. The molecule has 0 heterocycles. The number of rotatable bonds is 32. The Kier molecular flexibility index (Phi) is 32.6. The third-order valence-corrected chi connectivity index (χ3v) is 7.59. The van der Waals surface area contributed by atoms with Crippen LogP contribution in [0.4, 0.5) is 0 Å². The fourth-order valence-corrected chi connectivity index (χ4v) is 4.97. The molecular formula is C35H68O4. The molecule has 0 rings (SSSR count). The Morgan fingerprint density at radius 1 is 0.590 bits per heavy atom. The van der Waals surface area contributed by atoms with Gasteiger partial charge in [0.2, 0.25) is 0 Å². The third kappa shape index (κ3) is 31.5. The lowest BCUT2D eigenvalue weighted by atomic mass is 10.1. The molecule has 0 saturated heterocycles. The van der Waals surface area contributed by atoms with E-state index in [1.54, 1.807) is 0 Å². The number of esters is 1. The first-order valence-corrected chi connectivity index (χ1v) is 17.3. The molecule has 4 nitrogen and oxygen atoms in total. The number of aliphatic hydroxyl groups is 1. The minimum Gasteiger partial charge on any atom is -0.457 e. The largest absolute Gasteiger partial charge is 0.457 e. The zero-order chi connectivity index (χ0) is 28.5. The van der Waals surface area contributed by atoms with Crippen LogP contribution < -0.4 is 0 Å². The van der Waals surface area contributed by atoms with Gasteiger partial charge in [0.15, 0.2) is 0 Å². The van der Waals surface area contributed by atoms with Gasteiger partial charge in [-0.15, -0.1) is 0 Å². The van der Waals surface area contributed by atoms with Crippen molar-refractivity contribution in [3.63, 3.8) is 0 Å². The van der Waals surface area contributed by atoms with Crippen LogP contribution in [0.3, 0.4) is 0 Å². The molecule has 0 aromatic rings. The molecule has 0 saturated carbocycles. The molecule has 0 spiro atoms. The monoisotopic (exact) mass is 553 g/mol. The maximum absolute atomic E-state index is 12.1. The van der Waals surface area contributed by atoms with Gasteiger partial charge in [-0.2, -0.15) is 0 Å². The van der Waals surface area contributed by atoms with E-state index in [-0.39, 0.29) is 12.6 Å². The van der Waals surface area contributed by atoms with E-state index in [1.807, 2.05) is 0 Å². The quantitative estimate of drug-likeness (QED) is 0.0512. The molecule has 0 bridgehead atoms. The van der Waals surface area contributed by atoms with Crippen molar-refractivity contribution in [1.29, 1.82) is 0 Å². The Morgan fingerprint density at radius 2 is 1.00 bits per heavy atom. The summed E-state index contributed by atoms with van der Waals surface area (Å²) in [6.07, 6.45) is 36.7. The lowest BCUT2D eigenvalue weighted by Gasteiger charge is -2.16. The highest BCUT2D eigenvalue weighted by Crippen LogP contribution is 2.13. The van der Waals surface area contributed by atoms with Gasteiger partial charge in [-0.3, -0.25) is 4.79 Å². The summed E-state index contributed by atoms with van der Waals surface area (Å²) in [5, 5.41) is 9.50. The van der Waals surface area contributed by atoms with Crippen LogP contribution in [0, 0.1) is 0 Å². The highest BCUT2D eigenvalue weighted by Gasteiger charge is 2.13. The predicted molar refractivity (Wildman–Crippen MR) is 168 cm³/mol. The van der Waals surface area contributed by atoms with Crippen molar-refractivity contribution in [2.45, 2.75) is 187 Å². The van der Waals surface area contributed by atoms with Crippen LogP contribution >= 0.6 is 0 Å². The van der Waals surface area contributed by atoms with E-state index in [0.29, 0.717) is 19.6 Å². The van der Waals surface area contributed by atoms with E-state index in [1.165, 1.54) is 141 Å². The van der Waals surface area contributed by atoms with Gasteiger partial charge in [0.1, 0.15) is 6.10 Å². The number of aliphatic hydroxyl groups excluding tert-OH is 1. The molecule has 0 aliphatic rings. The molecular weight excluding hydrogens is 484 g/mol. The van der Waals surface area contributed by atoms with Crippen LogP contribution in [0.2, 0.25) is 0 Å². The number of allylic oxidation sites excluding steroid dienone is 2. The normalized spacial score (nSPS) is 12.4. The third-order valence-electron chi connectivity index (χ3n) is 7.59. The van der Waals surface area contributed by atoms with Crippen LogP contribution in [-0.4, -0.2) is 37.0 Å². The Balaban J connectivity index is 3.42. The average Bonchev–Trinajstić information content (AvgIpc) is 2.94. The molecule has 0 aromatic heterocycles. The molecule has 0 fully saturated rings. The van der Waals surface area contributed by atoms with Gasteiger partial charge in [0.05, 0.1) is 13.2 Å². The highest BCUT2D eigenvalue weighted by atomic mass is 16.6. The summed E-state index contributed by atoms with van der Waals surface area (Å²) in [4.78, 5) is 12.1. The maximum Gasteiger partial charge on any atom is 0.306 e. The Labute approximate surface area is 244 Å². The summed E-state index contributed by atoms with van der Waals surface area (Å²) >= 11 is 0. The fraction of sp³-hybridized carbons (Fsp3) is 0.914.